The van der Waals surface area contributed by atoms with Crippen molar-refractivity contribution in [3.63, 3.8) is 0 Å². The number of carbonyl (C=O) groups is 8. The highest BCUT2D eigenvalue weighted by molar-refractivity contribution is 6.42. The van der Waals surface area contributed by atoms with Crippen molar-refractivity contribution in [3.8, 4) is 0 Å². The van der Waals surface area contributed by atoms with Crippen LogP contribution in [0.2, 0.25) is 10.0 Å². The number of amides is 8. The highest BCUT2D eigenvalue weighted by atomic mass is 35.5. The van der Waals surface area contributed by atoms with Gasteiger partial charge in [0.25, 0.3) is 0 Å². The maximum Gasteiger partial charge on any atom is 0.243 e. The first-order valence-electron chi connectivity index (χ1n) is 14.7. The molecule has 0 bridgehead atoms. The van der Waals surface area contributed by atoms with E-state index in [0.29, 0.717) is 10.6 Å². The molecule has 0 fully saturated rings. The number of nitrogens with one attached hydrogen (secondary N) is 6. The molecule has 8 amide bonds. The normalized spacial score (nSPS) is 12.2. The number of halogens is 2. The molecule has 49 heavy (non-hydrogen) atoms. The maximum atomic E-state index is 13.0. The van der Waals surface area contributed by atoms with E-state index in [1.807, 2.05) is 0 Å². The zero-order valence-electron chi connectivity index (χ0n) is 26.6. The van der Waals surface area contributed by atoms with Crippen LogP contribution in [0.15, 0.2) is 23.2 Å². The Labute approximate surface area is 291 Å². The molecule has 0 saturated heterocycles. The van der Waals surface area contributed by atoms with Crippen molar-refractivity contribution in [2.24, 2.45) is 27.9 Å². The van der Waals surface area contributed by atoms with Gasteiger partial charge in [0, 0.05) is 26.3 Å². The molecule has 270 valence electrons. The lowest BCUT2D eigenvalue weighted by molar-refractivity contribution is -0.132. The van der Waals surface area contributed by atoms with E-state index in [1.165, 1.54) is 19.1 Å². The van der Waals surface area contributed by atoms with Gasteiger partial charge in [-0.2, -0.15) is 0 Å². The molecule has 0 heterocycles. The van der Waals surface area contributed by atoms with Crippen molar-refractivity contribution in [3.05, 3.63) is 33.8 Å². The van der Waals surface area contributed by atoms with E-state index in [-0.39, 0.29) is 49.6 Å². The Balaban J connectivity index is 2.85. The number of guanidine groups is 1. The average molecular weight is 731 g/mol. The van der Waals surface area contributed by atoms with Crippen LogP contribution in [0.5, 0.6) is 0 Å². The zero-order valence-corrected chi connectivity index (χ0v) is 28.1. The third kappa shape index (κ3) is 18.1. The van der Waals surface area contributed by atoms with Gasteiger partial charge in [-0.3, -0.25) is 43.3 Å². The van der Waals surface area contributed by atoms with Crippen molar-refractivity contribution in [2.45, 2.75) is 57.2 Å². The Morgan fingerprint density at radius 3 is 1.69 bits per heavy atom. The lowest BCUT2D eigenvalue weighted by Gasteiger charge is -2.21. The van der Waals surface area contributed by atoms with Crippen LogP contribution in [0, 0.1) is 0 Å². The molecule has 0 saturated carbocycles. The first-order chi connectivity index (χ1) is 23.0. The lowest BCUT2D eigenvalue weighted by atomic mass is 10.1. The molecule has 1 rings (SSSR count). The summed E-state index contributed by atoms with van der Waals surface area (Å²) in [4.78, 5) is 101. The minimum Gasteiger partial charge on any atom is -0.370 e. The molecule has 1 aromatic rings. The fourth-order valence-corrected chi connectivity index (χ4v) is 4.30. The minimum absolute atomic E-state index is 0.00555. The summed E-state index contributed by atoms with van der Waals surface area (Å²) in [7, 11) is 0. The van der Waals surface area contributed by atoms with E-state index in [9.17, 15) is 38.4 Å². The number of hydrogen-bond acceptors (Lipinski definition) is 9. The Hall–Kier alpha value is -5.17. The highest BCUT2D eigenvalue weighted by Gasteiger charge is 2.25. The third-order valence-corrected chi connectivity index (χ3v) is 7.11. The number of rotatable bonds is 21. The quantitative estimate of drug-likeness (QED) is 0.0334. The first-order valence-corrected chi connectivity index (χ1v) is 15.5. The van der Waals surface area contributed by atoms with Gasteiger partial charge in [-0.15, -0.1) is 0 Å². The summed E-state index contributed by atoms with van der Waals surface area (Å²) in [6, 6.07) is 0.974. The number of nitrogens with two attached hydrogens (primary N) is 4. The molecule has 0 aliphatic heterocycles. The van der Waals surface area contributed by atoms with Gasteiger partial charge < -0.3 is 54.8 Å². The van der Waals surface area contributed by atoms with Crippen LogP contribution < -0.4 is 54.8 Å². The summed E-state index contributed by atoms with van der Waals surface area (Å²) < 4.78 is 0. The number of carbonyl (C=O) groups excluding carboxylic acids is 8. The van der Waals surface area contributed by atoms with Gasteiger partial charge in [0.2, 0.25) is 47.3 Å². The van der Waals surface area contributed by atoms with Gasteiger partial charge in [-0.1, -0.05) is 29.3 Å². The minimum atomic E-state index is -1.28. The van der Waals surface area contributed by atoms with Crippen molar-refractivity contribution in [1.29, 1.82) is 0 Å². The van der Waals surface area contributed by atoms with Crippen LogP contribution in [-0.2, 0) is 44.8 Å². The second-order valence-corrected chi connectivity index (χ2v) is 11.3. The summed E-state index contributed by atoms with van der Waals surface area (Å²) in [6.45, 7) is -0.395. The summed E-state index contributed by atoms with van der Waals surface area (Å²) in [6.07, 6.45) is -0.255. The molecule has 0 radical (unpaired) electrons. The predicted molar refractivity (Wildman–Crippen MR) is 178 cm³/mol. The molecular formula is C28H41Cl2N11O8. The van der Waals surface area contributed by atoms with Crippen LogP contribution >= 0.6 is 23.2 Å². The predicted octanol–water partition coefficient (Wildman–Crippen LogP) is -3.84. The van der Waals surface area contributed by atoms with E-state index in [4.69, 9.17) is 46.1 Å². The fourth-order valence-electron chi connectivity index (χ4n) is 3.97. The van der Waals surface area contributed by atoms with Gasteiger partial charge in [0.15, 0.2) is 5.96 Å². The van der Waals surface area contributed by atoms with E-state index < -0.39 is 85.0 Å². The van der Waals surface area contributed by atoms with Crippen LogP contribution in [-0.4, -0.2) is 97.5 Å². The van der Waals surface area contributed by atoms with Crippen molar-refractivity contribution in [2.75, 3.05) is 26.2 Å². The fraction of sp³-hybridized carbons (Fsp3) is 0.464. The van der Waals surface area contributed by atoms with E-state index in [2.05, 4.69) is 36.9 Å². The molecule has 14 N–H and O–H groups in total. The molecule has 19 nitrogen and oxygen atoms in total. The van der Waals surface area contributed by atoms with E-state index in [1.54, 1.807) is 6.07 Å². The van der Waals surface area contributed by atoms with Crippen molar-refractivity contribution < 1.29 is 38.4 Å². The highest BCUT2D eigenvalue weighted by Crippen LogP contribution is 2.23. The SMILES string of the molecule is CC(=O)NCC(=O)NC(CCC(N)=O)C(=O)NCC(=O)N[C@@H](CCCN=C(N)N)C(=O)NCC(=O)N[C@@H](Cc1ccc(Cl)c(Cl)c1)C(N)=O. The van der Waals surface area contributed by atoms with Crippen LogP contribution in [0.25, 0.3) is 0 Å². The van der Waals surface area contributed by atoms with Gasteiger partial charge in [0.1, 0.15) is 18.1 Å². The van der Waals surface area contributed by atoms with Crippen LogP contribution in [0.3, 0.4) is 0 Å². The molecule has 0 aliphatic carbocycles. The van der Waals surface area contributed by atoms with Crippen LogP contribution in [0.1, 0.15) is 38.2 Å². The summed E-state index contributed by atoms with van der Waals surface area (Å²) in [5, 5.41) is 14.6. The third-order valence-electron chi connectivity index (χ3n) is 6.37. The maximum absolute atomic E-state index is 13.0. The number of primary amides is 2. The van der Waals surface area contributed by atoms with E-state index >= 15 is 0 Å². The average Bonchev–Trinajstić information content (AvgIpc) is 3.02. The second-order valence-electron chi connectivity index (χ2n) is 10.5. The number of nitrogens with zero attached hydrogens (tertiary/aromatic N) is 1. The Bertz CT molecular complexity index is 1420. The summed E-state index contributed by atoms with van der Waals surface area (Å²) >= 11 is 11.9. The Morgan fingerprint density at radius 2 is 1.22 bits per heavy atom. The molecular weight excluding hydrogens is 689 g/mol. The smallest absolute Gasteiger partial charge is 0.243 e. The van der Waals surface area contributed by atoms with E-state index in [0.717, 1.165) is 0 Å². The topological polar surface area (TPSA) is 325 Å². The lowest BCUT2D eigenvalue weighted by Crippen LogP contribution is -2.54. The van der Waals surface area contributed by atoms with Crippen molar-refractivity contribution >= 4 is 76.4 Å². The van der Waals surface area contributed by atoms with Gasteiger partial charge >= 0.3 is 0 Å². The first kappa shape index (κ1) is 41.9. The number of hydrogen-bond donors (Lipinski definition) is 10. The largest absolute Gasteiger partial charge is 0.370 e. The molecule has 0 aliphatic rings. The second kappa shape index (κ2) is 21.7. The molecule has 0 aromatic heterocycles. The Morgan fingerprint density at radius 1 is 0.714 bits per heavy atom. The summed E-state index contributed by atoms with van der Waals surface area (Å²) in [5.74, 6) is -6.23. The van der Waals surface area contributed by atoms with Crippen LogP contribution in [0.4, 0.5) is 0 Å². The molecule has 21 heteroatoms. The molecule has 1 unspecified atom stereocenters. The zero-order chi connectivity index (χ0) is 37.1. The summed E-state index contributed by atoms with van der Waals surface area (Å²) in [5.41, 5.74) is 21.8. The number of benzene rings is 1. The van der Waals surface area contributed by atoms with Gasteiger partial charge in [0.05, 0.1) is 29.7 Å². The number of aliphatic imine (C=N–C) groups is 1. The van der Waals surface area contributed by atoms with Crippen molar-refractivity contribution in [1.82, 2.24) is 31.9 Å². The Kier molecular flexibility index (Phi) is 18.5. The molecule has 1 aromatic carbocycles. The monoisotopic (exact) mass is 729 g/mol. The standard InChI is InChI=1S/C28H41Cl2N11O8/c1-14(42)36-11-22(44)40-19(6-7-21(31)43)27(49)38-12-23(45)39-18(3-2-8-35-28(33)34)26(48)37-13-24(46)41-20(25(32)47)10-15-4-5-16(29)17(30)9-15/h4-5,9,18-20H,2-3,6-8,10-13H2,1H3,(H2,31,43)(H2,32,47)(H,36,42)(H,37,48)(H,38,49)(H,39,45)(H,40,44)(H,41,46)(H4,33,34,35)/t18-,19?,20-/m0/s1. The van der Waals surface area contributed by atoms with Gasteiger partial charge in [-0.05, 0) is 37.0 Å². The van der Waals surface area contributed by atoms with Gasteiger partial charge in [-0.25, -0.2) is 0 Å². The molecule has 0 spiro atoms. The molecule has 3 atom stereocenters.